The summed E-state index contributed by atoms with van der Waals surface area (Å²) in [6, 6.07) is 5.80. The number of fused-ring (bicyclic) bond motifs is 1. The second-order valence-corrected chi connectivity index (χ2v) is 5.71. The number of hydrogen-bond donors (Lipinski definition) is 1. The molecule has 0 aliphatic carbocycles. The van der Waals surface area contributed by atoms with Gasteiger partial charge in [-0.2, -0.15) is 0 Å². The minimum absolute atomic E-state index is 0.227. The molecule has 0 spiro atoms. The zero-order chi connectivity index (χ0) is 14.7. The zero-order valence-electron chi connectivity index (χ0n) is 11.7. The number of carbonyl (C=O) groups is 1. The number of H-pyrrole nitrogens is 1. The summed E-state index contributed by atoms with van der Waals surface area (Å²) in [5.41, 5.74) is 2.27. The summed E-state index contributed by atoms with van der Waals surface area (Å²) in [6.45, 7) is 1.09. The third kappa shape index (κ3) is 3.39. The first-order valence-corrected chi connectivity index (χ1v) is 7.65. The van der Waals surface area contributed by atoms with Gasteiger partial charge in [0, 0.05) is 28.7 Å². The van der Waals surface area contributed by atoms with E-state index in [1.54, 1.807) is 0 Å². The van der Waals surface area contributed by atoms with E-state index < -0.39 is 0 Å². The van der Waals surface area contributed by atoms with Gasteiger partial charge in [-0.05, 0) is 49.4 Å². The van der Waals surface area contributed by atoms with E-state index in [9.17, 15) is 4.79 Å². The van der Waals surface area contributed by atoms with Crippen LogP contribution in [-0.4, -0.2) is 30.3 Å². The van der Waals surface area contributed by atoms with Gasteiger partial charge in [0.05, 0.1) is 6.61 Å². The molecule has 1 aliphatic heterocycles. The lowest BCUT2D eigenvalue weighted by atomic mass is 10.1. The molecule has 0 radical (unpaired) electrons. The number of benzene rings is 1. The summed E-state index contributed by atoms with van der Waals surface area (Å²) >= 11 is 6.03. The molecule has 3 rings (SSSR count). The molecule has 1 saturated heterocycles. The lowest BCUT2D eigenvalue weighted by molar-refractivity contribution is -0.154. The fraction of sp³-hybridized carbons (Fsp3) is 0.438. The summed E-state index contributed by atoms with van der Waals surface area (Å²) in [6.07, 6.45) is 4.99. The highest BCUT2D eigenvalue weighted by molar-refractivity contribution is 6.31. The number of rotatable bonds is 5. The smallest absolute Gasteiger partial charge is 0.335 e. The van der Waals surface area contributed by atoms with Crippen molar-refractivity contribution in [3.63, 3.8) is 0 Å². The Labute approximate surface area is 128 Å². The van der Waals surface area contributed by atoms with Crippen molar-refractivity contribution < 1.29 is 14.3 Å². The van der Waals surface area contributed by atoms with Gasteiger partial charge in [-0.15, -0.1) is 0 Å². The molecular formula is C16H18ClNO3. The Morgan fingerprint density at radius 1 is 1.48 bits per heavy atom. The number of esters is 1. The molecule has 21 heavy (non-hydrogen) atoms. The summed E-state index contributed by atoms with van der Waals surface area (Å²) in [7, 11) is 0. The number of carbonyl (C=O) groups excluding carboxylic acids is 1. The van der Waals surface area contributed by atoms with Gasteiger partial charge in [-0.1, -0.05) is 11.6 Å². The van der Waals surface area contributed by atoms with Crippen LogP contribution in [0.3, 0.4) is 0 Å². The van der Waals surface area contributed by atoms with Gasteiger partial charge in [0.1, 0.15) is 0 Å². The Kier molecular flexibility index (Phi) is 4.46. The van der Waals surface area contributed by atoms with Crippen molar-refractivity contribution in [2.45, 2.75) is 31.8 Å². The molecule has 2 aromatic rings. The Morgan fingerprint density at radius 3 is 3.19 bits per heavy atom. The molecule has 1 N–H and O–H groups in total. The van der Waals surface area contributed by atoms with Crippen molar-refractivity contribution in [2.24, 2.45) is 0 Å². The fourth-order valence-corrected chi connectivity index (χ4v) is 2.82. The van der Waals surface area contributed by atoms with Crippen molar-refractivity contribution in [2.75, 3.05) is 13.2 Å². The average Bonchev–Trinajstić information content (AvgIpc) is 3.13. The number of ether oxygens (including phenoxy) is 2. The SMILES string of the molecule is O=C(OCCCc1c[nH]c2ccc(Cl)cc12)C1CCCO1. The van der Waals surface area contributed by atoms with Gasteiger partial charge >= 0.3 is 5.97 Å². The summed E-state index contributed by atoms with van der Waals surface area (Å²) in [5.74, 6) is -0.227. The van der Waals surface area contributed by atoms with Crippen LogP contribution in [0.4, 0.5) is 0 Å². The van der Waals surface area contributed by atoms with Crippen molar-refractivity contribution in [3.8, 4) is 0 Å². The normalized spacial score (nSPS) is 18.2. The Bertz CT molecular complexity index is 631. The quantitative estimate of drug-likeness (QED) is 0.679. The van der Waals surface area contributed by atoms with Gasteiger partial charge in [0.25, 0.3) is 0 Å². The predicted molar refractivity (Wildman–Crippen MR) is 81.6 cm³/mol. The Balaban J connectivity index is 1.50. The third-order valence-corrected chi connectivity index (χ3v) is 3.99. The van der Waals surface area contributed by atoms with Crippen LogP contribution in [0.15, 0.2) is 24.4 Å². The maximum Gasteiger partial charge on any atom is 0.335 e. The Morgan fingerprint density at radius 2 is 2.38 bits per heavy atom. The van der Waals surface area contributed by atoms with E-state index in [0.29, 0.717) is 13.2 Å². The van der Waals surface area contributed by atoms with Crippen molar-refractivity contribution in [1.82, 2.24) is 4.98 Å². The van der Waals surface area contributed by atoms with Crippen LogP contribution in [0.1, 0.15) is 24.8 Å². The highest BCUT2D eigenvalue weighted by Crippen LogP contribution is 2.23. The lowest BCUT2D eigenvalue weighted by Gasteiger charge is -2.09. The number of aromatic amines is 1. The molecule has 1 aromatic heterocycles. The molecule has 0 amide bonds. The zero-order valence-corrected chi connectivity index (χ0v) is 12.5. The second-order valence-electron chi connectivity index (χ2n) is 5.28. The van der Waals surface area contributed by atoms with Gasteiger partial charge in [-0.3, -0.25) is 0 Å². The van der Waals surface area contributed by atoms with Crippen molar-refractivity contribution in [1.29, 1.82) is 0 Å². The second kappa shape index (κ2) is 6.50. The first kappa shape index (κ1) is 14.4. The van der Waals surface area contributed by atoms with Gasteiger partial charge < -0.3 is 14.5 Å². The molecule has 1 atom stereocenters. The maximum absolute atomic E-state index is 11.7. The van der Waals surface area contributed by atoms with Crippen LogP contribution in [0.5, 0.6) is 0 Å². The molecule has 4 nitrogen and oxygen atoms in total. The molecule has 112 valence electrons. The van der Waals surface area contributed by atoms with E-state index in [1.807, 2.05) is 24.4 Å². The van der Waals surface area contributed by atoms with Crippen molar-refractivity contribution >= 4 is 28.5 Å². The predicted octanol–water partition coefficient (Wildman–Crippen LogP) is 3.48. The number of nitrogens with one attached hydrogen (secondary N) is 1. The molecule has 1 aromatic carbocycles. The molecule has 1 aliphatic rings. The van der Waals surface area contributed by atoms with E-state index in [0.717, 1.165) is 41.6 Å². The minimum Gasteiger partial charge on any atom is -0.464 e. The van der Waals surface area contributed by atoms with E-state index in [1.165, 1.54) is 5.56 Å². The van der Waals surface area contributed by atoms with Gasteiger partial charge in [0.15, 0.2) is 6.10 Å². The molecule has 5 heteroatoms. The van der Waals surface area contributed by atoms with Crippen LogP contribution in [0.2, 0.25) is 5.02 Å². The van der Waals surface area contributed by atoms with Crippen LogP contribution in [0, 0.1) is 0 Å². The topological polar surface area (TPSA) is 51.3 Å². The Hall–Kier alpha value is -1.52. The average molecular weight is 308 g/mol. The first-order valence-electron chi connectivity index (χ1n) is 7.28. The maximum atomic E-state index is 11.7. The van der Waals surface area contributed by atoms with Crippen molar-refractivity contribution in [3.05, 3.63) is 35.0 Å². The summed E-state index contributed by atoms with van der Waals surface area (Å²) in [4.78, 5) is 14.9. The molecule has 1 fully saturated rings. The molecule has 2 heterocycles. The molecule has 1 unspecified atom stereocenters. The minimum atomic E-state index is -0.350. The number of aryl methyl sites for hydroxylation is 1. The lowest BCUT2D eigenvalue weighted by Crippen LogP contribution is -2.22. The summed E-state index contributed by atoms with van der Waals surface area (Å²) in [5, 5.41) is 1.86. The highest BCUT2D eigenvalue weighted by Gasteiger charge is 2.24. The molecule has 0 saturated carbocycles. The molecule has 0 bridgehead atoms. The van der Waals surface area contributed by atoms with Crippen LogP contribution in [0.25, 0.3) is 10.9 Å². The summed E-state index contributed by atoms with van der Waals surface area (Å²) < 4.78 is 10.6. The van der Waals surface area contributed by atoms with E-state index in [-0.39, 0.29) is 12.1 Å². The van der Waals surface area contributed by atoms with E-state index in [4.69, 9.17) is 21.1 Å². The van der Waals surface area contributed by atoms with E-state index in [2.05, 4.69) is 4.98 Å². The molecular weight excluding hydrogens is 290 g/mol. The number of aromatic nitrogens is 1. The largest absolute Gasteiger partial charge is 0.464 e. The highest BCUT2D eigenvalue weighted by atomic mass is 35.5. The third-order valence-electron chi connectivity index (χ3n) is 3.76. The fourth-order valence-electron chi connectivity index (χ4n) is 2.65. The van der Waals surface area contributed by atoms with Crippen LogP contribution in [-0.2, 0) is 20.7 Å². The van der Waals surface area contributed by atoms with Crippen LogP contribution >= 0.6 is 11.6 Å². The van der Waals surface area contributed by atoms with E-state index >= 15 is 0 Å². The standard InChI is InChI=1S/C16H18ClNO3/c17-12-5-6-14-13(9-12)11(10-18-14)3-1-8-21-16(19)15-4-2-7-20-15/h5-6,9-10,15,18H,1-4,7-8H2. The monoisotopic (exact) mass is 307 g/mol. The van der Waals surface area contributed by atoms with Crippen LogP contribution < -0.4 is 0 Å². The number of hydrogen-bond acceptors (Lipinski definition) is 3. The number of halogens is 1. The first-order chi connectivity index (χ1) is 10.2. The van der Waals surface area contributed by atoms with Gasteiger partial charge in [-0.25, -0.2) is 4.79 Å². The van der Waals surface area contributed by atoms with Gasteiger partial charge in [0.2, 0.25) is 0 Å².